The molecule has 0 atom stereocenters. The number of aromatic hydroxyl groups is 1. The topological polar surface area (TPSA) is 85.7 Å². The van der Waals surface area contributed by atoms with Gasteiger partial charge in [0.1, 0.15) is 18.1 Å². The van der Waals surface area contributed by atoms with E-state index in [2.05, 4.69) is 10.1 Å². The molecule has 0 unspecified atom stereocenters. The number of hydrogen-bond donors (Lipinski definition) is 2. The Balaban J connectivity index is 1.80. The van der Waals surface area contributed by atoms with Gasteiger partial charge in [-0.2, -0.15) is 0 Å². The third-order valence-electron chi connectivity index (χ3n) is 2.62. The summed E-state index contributed by atoms with van der Waals surface area (Å²) in [6, 6.07) is 10.1. The standard InChI is InChI=1S/C13H12N4O2/c14-11-5-2-6-17-13(11)15-12(16-17)8-19-10-4-1-3-9(18)7-10/h1-7,18H,8,14H2. The summed E-state index contributed by atoms with van der Waals surface area (Å²) in [6.07, 6.45) is 1.77. The molecule has 3 rings (SSSR count). The van der Waals surface area contributed by atoms with Gasteiger partial charge < -0.3 is 15.6 Å². The van der Waals surface area contributed by atoms with Crippen LogP contribution in [0.2, 0.25) is 0 Å². The molecule has 0 bridgehead atoms. The number of benzene rings is 1. The van der Waals surface area contributed by atoms with E-state index in [0.717, 1.165) is 0 Å². The number of nitrogens with two attached hydrogens (primary N) is 1. The molecule has 0 saturated carbocycles. The SMILES string of the molecule is Nc1cccn2nc(COc3cccc(O)c3)nc12. The van der Waals surface area contributed by atoms with E-state index < -0.39 is 0 Å². The van der Waals surface area contributed by atoms with Gasteiger partial charge in [-0.15, -0.1) is 5.10 Å². The molecule has 0 saturated heterocycles. The van der Waals surface area contributed by atoms with Crippen LogP contribution in [0.3, 0.4) is 0 Å². The lowest BCUT2D eigenvalue weighted by atomic mass is 10.3. The molecule has 0 aliphatic rings. The smallest absolute Gasteiger partial charge is 0.189 e. The molecule has 0 aliphatic carbocycles. The van der Waals surface area contributed by atoms with Crippen LogP contribution >= 0.6 is 0 Å². The van der Waals surface area contributed by atoms with Crippen molar-refractivity contribution < 1.29 is 9.84 Å². The third-order valence-corrected chi connectivity index (χ3v) is 2.62. The van der Waals surface area contributed by atoms with Crippen molar-refractivity contribution in [2.75, 3.05) is 5.73 Å². The second-order valence-corrected chi connectivity index (χ2v) is 4.05. The summed E-state index contributed by atoms with van der Waals surface area (Å²) in [6.45, 7) is 0.213. The predicted molar refractivity (Wildman–Crippen MR) is 69.8 cm³/mol. The first-order chi connectivity index (χ1) is 9.22. The van der Waals surface area contributed by atoms with Crippen LogP contribution in [0.15, 0.2) is 42.6 Å². The average Bonchev–Trinajstić information content (AvgIpc) is 2.81. The van der Waals surface area contributed by atoms with Gasteiger partial charge in [0.2, 0.25) is 0 Å². The molecule has 19 heavy (non-hydrogen) atoms. The quantitative estimate of drug-likeness (QED) is 0.743. The molecule has 2 heterocycles. The zero-order chi connectivity index (χ0) is 13.2. The van der Waals surface area contributed by atoms with Crippen LogP contribution in [0.5, 0.6) is 11.5 Å². The van der Waals surface area contributed by atoms with E-state index in [1.54, 1.807) is 41.0 Å². The zero-order valence-electron chi connectivity index (χ0n) is 10.0. The highest BCUT2D eigenvalue weighted by Crippen LogP contribution is 2.18. The van der Waals surface area contributed by atoms with Gasteiger partial charge in [0, 0.05) is 12.3 Å². The summed E-state index contributed by atoms with van der Waals surface area (Å²) in [5, 5.41) is 13.6. The Bertz CT molecular complexity index is 723. The number of phenolic OH excluding ortho intramolecular Hbond substituents is 1. The number of fused-ring (bicyclic) bond motifs is 1. The normalized spacial score (nSPS) is 10.7. The van der Waals surface area contributed by atoms with Crippen molar-refractivity contribution in [3.05, 3.63) is 48.4 Å². The summed E-state index contributed by atoms with van der Waals surface area (Å²) >= 11 is 0. The molecule has 0 amide bonds. The van der Waals surface area contributed by atoms with Crippen molar-refractivity contribution in [3.8, 4) is 11.5 Å². The van der Waals surface area contributed by atoms with Crippen LogP contribution in [-0.4, -0.2) is 19.7 Å². The maximum atomic E-state index is 9.33. The average molecular weight is 256 g/mol. The van der Waals surface area contributed by atoms with E-state index in [-0.39, 0.29) is 12.4 Å². The maximum absolute atomic E-state index is 9.33. The molecule has 0 radical (unpaired) electrons. The van der Waals surface area contributed by atoms with Crippen LogP contribution in [0.1, 0.15) is 5.82 Å². The molecule has 0 aliphatic heterocycles. The first-order valence-corrected chi connectivity index (χ1v) is 5.74. The van der Waals surface area contributed by atoms with E-state index in [1.807, 2.05) is 0 Å². The van der Waals surface area contributed by atoms with Gasteiger partial charge in [-0.05, 0) is 24.3 Å². The monoisotopic (exact) mass is 256 g/mol. The lowest BCUT2D eigenvalue weighted by Gasteiger charge is -2.02. The van der Waals surface area contributed by atoms with E-state index in [4.69, 9.17) is 10.5 Å². The molecule has 3 N–H and O–H groups in total. The highest BCUT2D eigenvalue weighted by Gasteiger charge is 2.06. The van der Waals surface area contributed by atoms with Gasteiger partial charge in [0.05, 0.1) is 5.69 Å². The minimum atomic E-state index is 0.157. The predicted octanol–water partition coefficient (Wildman–Crippen LogP) is 1.60. The number of nitrogens with zero attached hydrogens (tertiary/aromatic N) is 3. The van der Waals surface area contributed by atoms with Crippen molar-refractivity contribution in [1.29, 1.82) is 0 Å². The highest BCUT2D eigenvalue weighted by molar-refractivity contribution is 5.63. The second-order valence-electron chi connectivity index (χ2n) is 4.05. The first-order valence-electron chi connectivity index (χ1n) is 5.74. The minimum absolute atomic E-state index is 0.157. The van der Waals surface area contributed by atoms with Crippen molar-refractivity contribution in [1.82, 2.24) is 14.6 Å². The van der Waals surface area contributed by atoms with Crippen molar-refractivity contribution >= 4 is 11.3 Å². The number of ether oxygens (including phenoxy) is 1. The first kappa shape index (κ1) is 11.3. The fourth-order valence-electron chi connectivity index (χ4n) is 1.75. The summed E-state index contributed by atoms with van der Waals surface area (Å²) in [4.78, 5) is 4.29. The lowest BCUT2D eigenvalue weighted by Crippen LogP contribution is -1.97. The van der Waals surface area contributed by atoms with E-state index in [1.165, 1.54) is 6.07 Å². The van der Waals surface area contributed by atoms with Gasteiger partial charge in [-0.25, -0.2) is 9.50 Å². The molecule has 6 nitrogen and oxygen atoms in total. The fraction of sp³-hybridized carbons (Fsp3) is 0.0769. The molecule has 96 valence electrons. The van der Waals surface area contributed by atoms with Gasteiger partial charge in [-0.1, -0.05) is 6.07 Å². The van der Waals surface area contributed by atoms with E-state index >= 15 is 0 Å². The highest BCUT2D eigenvalue weighted by atomic mass is 16.5. The number of anilines is 1. The Morgan fingerprint density at radius 1 is 1.26 bits per heavy atom. The van der Waals surface area contributed by atoms with Crippen LogP contribution < -0.4 is 10.5 Å². The molecule has 2 aromatic heterocycles. The maximum Gasteiger partial charge on any atom is 0.189 e. The Morgan fingerprint density at radius 2 is 2.16 bits per heavy atom. The summed E-state index contributed by atoms with van der Waals surface area (Å²) in [5.74, 6) is 1.25. The van der Waals surface area contributed by atoms with Gasteiger partial charge >= 0.3 is 0 Å². The Morgan fingerprint density at radius 3 is 2.95 bits per heavy atom. The molecule has 0 spiro atoms. The molecule has 3 aromatic rings. The minimum Gasteiger partial charge on any atom is -0.508 e. The third kappa shape index (κ3) is 2.28. The number of rotatable bonds is 3. The largest absolute Gasteiger partial charge is 0.508 e. The molecular weight excluding hydrogens is 244 g/mol. The number of pyridine rings is 1. The van der Waals surface area contributed by atoms with Crippen LogP contribution in [0.4, 0.5) is 5.69 Å². The second kappa shape index (κ2) is 4.49. The van der Waals surface area contributed by atoms with Gasteiger partial charge in [0.25, 0.3) is 0 Å². The van der Waals surface area contributed by atoms with Crippen LogP contribution in [-0.2, 0) is 6.61 Å². The Labute approximate surface area is 109 Å². The van der Waals surface area contributed by atoms with Crippen LogP contribution in [0, 0.1) is 0 Å². The molecular formula is C13H12N4O2. The number of aromatic nitrogens is 3. The zero-order valence-corrected chi connectivity index (χ0v) is 10.0. The van der Waals surface area contributed by atoms with E-state index in [0.29, 0.717) is 22.9 Å². The lowest BCUT2D eigenvalue weighted by molar-refractivity contribution is 0.294. The Hall–Kier alpha value is -2.76. The summed E-state index contributed by atoms with van der Waals surface area (Å²) in [5.41, 5.74) is 6.98. The fourth-order valence-corrected chi connectivity index (χ4v) is 1.75. The molecule has 6 heteroatoms. The van der Waals surface area contributed by atoms with Crippen molar-refractivity contribution in [2.45, 2.75) is 6.61 Å². The summed E-state index contributed by atoms with van der Waals surface area (Å²) in [7, 11) is 0. The number of hydrogen-bond acceptors (Lipinski definition) is 5. The van der Waals surface area contributed by atoms with Gasteiger partial charge in [-0.3, -0.25) is 0 Å². The number of nitrogen functional groups attached to an aromatic ring is 1. The number of phenols is 1. The van der Waals surface area contributed by atoms with Gasteiger partial charge in [0.15, 0.2) is 11.5 Å². The molecule has 1 aromatic carbocycles. The molecule has 0 fully saturated rings. The Kier molecular flexibility index (Phi) is 2.68. The van der Waals surface area contributed by atoms with Crippen molar-refractivity contribution in [3.63, 3.8) is 0 Å². The summed E-state index contributed by atoms with van der Waals surface area (Å²) < 4.78 is 7.11. The van der Waals surface area contributed by atoms with Crippen LogP contribution in [0.25, 0.3) is 5.65 Å². The van der Waals surface area contributed by atoms with Crippen molar-refractivity contribution in [2.24, 2.45) is 0 Å². The van der Waals surface area contributed by atoms with E-state index in [9.17, 15) is 5.11 Å².